The largest absolute Gasteiger partial charge is 0.489 e. The van der Waals surface area contributed by atoms with Gasteiger partial charge in [0.05, 0.1) is 0 Å². The highest BCUT2D eigenvalue weighted by Gasteiger charge is 2.08. The van der Waals surface area contributed by atoms with E-state index in [1.54, 1.807) is 11.3 Å². The summed E-state index contributed by atoms with van der Waals surface area (Å²) in [6, 6.07) is 8.61. The summed E-state index contributed by atoms with van der Waals surface area (Å²) in [5.41, 5.74) is 9.74. The molecule has 2 N–H and O–H groups in total. The van der Waals surface area contributed by atoms with E-state index in [9.17, 15) is 0 Å². The van der Waals surface area contributed by atoms with Crippen LogP contribution in [0, 0.1) is 6.92 Å². The Labute approximate surface area is 119 Å². The predicted octanol–water partition coefficient (Wildman–Crippen LogP) is 3.92. The van der Waals surface area contributed by atoms with Crippen LogP contribution in [-0.2, 0) is 13.0 Å². The first-order chi connectivity index (χ1) is 9.19. The highest BCUT2D eigenvalue weighted by molar-refractivity contribution is 7.07. The molecule has 1 unspecified atom stereocenters. The third kappa shape index (κ3) is 4.08. The van der Waals surface area contributed by atoms with Gasteiger partial charge in [-0.15, -0.1) is 0 Å². The van der Waals surface area contributed by atoms with E-state index in [0.717, 1.165) is 18.6 Å². The first-order valence-electron chi connectivity index (χ1n) is 6.68. The van der Waals surface area contributed by atoms with E-state index < -0.39 is 0 Å². The third-order valence-electron chi connectivity index (χ3n) is 3.20. The minimum Gasteiger partial charge on any atom is -0.489 e. The van der Waals surface area contributed by atoms with Crippen LogP contribution in [0.25, 0.3) is 0 Å². The second-order valence-corrected chi connectivity index (χ2v) is 5.68. The van der Waals surface area contributed by atoms with Gasteiger partial charge in [-0.05, 0) is 53.8 Å². The fourth-order valence-corrected chi connectivity index (χ4v) is 2.62. The molecule has 0 fully saturated rings. The van der Waals surface area contributed by atoms with Crippen LogP contribution in [0.3, 0.4) is 0 Å². The van der Waals surface area contributed by atoms with Crippen LogP contribution >= 0.6 is 11.3 Å². The van der Waals surface area contributed by atoms with Crippen LogP contribution < -0.4 is 10.5 Å². The molecule has 1 atom stereocenters. The van der Waals surface area contributed by atoms with Gasteiger partial charge in [0.15, 0.2) is 0 Å². The molecule has 0 aliphatic heterocycles. The van der Waals surface area contributed by atoms with Crippen molar-refractivity contribution < 1.29 is 4.74 Å². The topological polar surface area (TPSA) is 35.2 Å². The first-order valence-corrected chi connectivity index (χ1v) is 7.62. The van der Waals surface area contributed by atoms with Crippen LogP contribution in [0.1, 0.15) is 30.0 Å². The van der Waals surface area contributed by atoms with Gasteiger partial charge in [0.2, 0.25) is 0 Å². The molecule has 3 heteroatoms. The summed E-state index contributed by atoms with van der Waals surface area (Å²) in [4.78, 5) is 0. The molecular formula is C16H21NOS. The Bertz CT molecular complexity index is 507. The molecule has 0 saturated heterocycles. The van der Waals surface area contributed by atoms with Crippen molar-refractivity contribution in [1.29, 1.82) is 0 Å². The molecule has 0 saturated carbocycles. The van der Waals surface area contributed by atoms with Crippen molar-refractivity contribution in [2.75, 3.05) is 0 Å². The maximum atomic E-state index is 6.06. The van der Waals surface area contributed by atoms with Crippen molar-refractivity contribution >= 4 is 11.3 Å². The van der Waals surface area contributed by atoms with Gasteiger partial charge in [-0.2, -0.15) is 11.3 Å². The Hall–Kier alpha value is -1.32. The molecule has 19 heavy (non-hydrogen) atoms. The Morgan fingerprint density at radius 3 is 2.84 bits per heavy atom. The number of aryl methyl sites for hydroxylation is 1. The minimum absolute atomic E-state index is 0.199. The van der Waals surface area contributed by atoms with Crippen molar-refractivity contribution in [2.24, 2.45) is 5.73 Å². The van der Waals surface area contributed by atoms with Crippen LogP contribution in [0.2, 0.25) is 0 Å². The van der Waals surface area contributed by atoms with Gasteiger partial charge in [-0.3, -0.25) is 0 Å². The molecule has 2 nitrogen and oxygen atoms in total. The lowest BCUT2D eigenvalue weighted by atomic mass is 10.0. The number of ether oxygens (including phenoxy) is 1. The van der Waals surface area contributed by atoms with Crippen LogP contribution in [0.15, 0.2) is 35.0 Å². The van der Waals surface area contributed by atoms with Gasteiger partial charge < -0.3 is 10.5 Å². The number of hydrogen-bond acceptors (Lipinski definition) is 3. The summed E-state index contributed by atoms with van der Waals surface area (Å²) in [6.07, 6.45) is 1.86. The lowest BCUT2D eigenvalue weighted by Gasteiger charge is -2.15. The zero-order chi connectivity index (χ0) is 13.7. The second kappa shape index (κ2) is 6.73. The van der Waals surface area contributed by atoms with Crippen molar-refractivity contribution in [3.63, 3.8) is 0 Å². The summed E-state index contributed by atoms with van der Waals surface area (Å²) >= 11 is 1.70. The summed E-state index contributed by atoms with van der Waals surface area (Å²) in [5.74, 6) is 0.959. The Morgan fingerprint density at radius 1 is 1.32 bits per heavy atom. The molecule has 0 spiro atoms. The average Bonchev–Trinajstić information content (AvgIpc) is 2.91. The molecular weight excluding hydrogens is 254 g/mol. The zero-order valence-corrected chi connectivity index (χ0v) is 12.4. The maximum absolute atomic E-state index is 6.06. The normalized spacial score (nSPS) is 12.4. The summed E-state index contributed by atoms with van der Waals surface area (Å²) in [5, 5.41) is 4.19. The molecule has 1 heterocycles. The van der Waals surface area contributed by atoms with E-state index in [1.807, 2.05) is 0 Å². The van der Waals surface area contributed by atoms with Gasteiger partial charge in [0.1, 0.15) is 12.4 Å². The Kier molecular flexibility index (Phi) is 5.00. The minimum atomic E-state index is 0.199. The molecule has 0 aliphatic rings. The Morgan fingerprint density at radius 2 is 2.16 bits per heavy atom. The van der Waals surface area contributed by atoms with Crippen LogP contribution in [-0.4, -0.2) is 6.04 Å². The molecule has 102 valence electrons. The number of thiophene rings is 1. The van der Waals surface area contributed by atoms with Crippen molar-refractivity contribution in [3.05, 3.63) is 51.7 Å². The van der Waals surface area contributed by atoms with E-state index in [2.05, 4.69) is 48.9 Å². The molecule has 0 amide bonds. The van der Waals surface area contributed by atoms with Gasteiger partial charge in [-0.25, -0.2) is 0 Å². The van der Waals surface area contributed by atoms with E-state index in [0.29, 0.717) is 6.61 Å². The number of hydrogen-bond donors (Lipinski definition) is 1. The first kappa shape index (κ1) is 14.1. The fraction of sp³-hybridized carbons (Fsp3) is 0.375. The van der Waals surface area contributed by atoms with Crippen molar-refractivity contribution in [1.82, 2.24) is 0 Å². The highest BCUT2D eigenvalue weighted by Crippen LogP contribution is 2.23. The second-order valence-electron chi connectivity index (χ2n) is 4.90. The van der Waals surface area contributed by atoms with Crippen molar-refractivity contribution in [3.8, 4) is 5.75 Å². The van der Waals surface area contributed by atoms with Gasteiger partial charge in [0.25, 0.3) is 0 Å². The summed E-state index contributed by atoms with van der Waals surface area (Å²) in [7, 11) is 0. The van der Waals surface area contributed by atoms with Gasteiger partial charge in [0, 0.05) is 6.04 Å². The molecule has 0 bridgehead atoms. The molecule has 1 aromatic heterocycles. The maximum Gasteiger partial charge on any atom is 0.123 e. The average molecular weight is 275 g/mol. The molecule has 0 radical (unpaired) electrons. The smallest absolute Gasteiger partial charge is 0.123 e. The molecule has 2 aromatic rings. The van der Waals surface area contributed by atoms with Crippen LogP contribution in [0.4, 0.5) is 0 Å². The van der Waals surface area contributed by atoms with E-state index >= 15 is 0 Å². The lowest BCUT2D eigenvalue weighted by molar-refractivity contribution is 0.302. The summed E-state index contributed by atoms with van der Waals surface area (Å²) in [6.45, 7) is 4.84. The highest BCUT2D eigenvalue weighted by atomic mass is 32.1. The monoisotopic (exact) mass is 275 g/mol. The number of rotatable bonds is 6. The van der Waals surface area contributed by atoms with E-state index in [-0.39, 0.29) is 6.04 Å². The van der Waals surface area contributed by atoms with Crippen molar-refractivity contribution in [2.45, 2.75) is 39.3 Å². The Balaban J connectivity index is 2.09. The molecule has 2 rings (SSSR count). The predicted molar refractivity (Wildman–Crippen MR) is 81.8 cm³/mol. The fourth-order valence-electron chi connectivity index (χ4n) is 1.97. The molecule has 1 aromatic carbocycles. The number of nitrogens with two attached hydrogens (primary N) is 1. The van der Waals surface area contributed by atoms with E-state index in [4.69, 9.17) is 10.5 Å². The number of benzene rings is 1. The summed E-state index contributed by atoms with van der Waals surface area (Å²) < 4.78 is 5.93. The van der Waals surface area contributed by atoms with Gasteiger partial charge >= 0.3 is 0 Å². The lowest BCUT2D eigenvalue weighted by Crippen LogP contribution is -2.21. The quantitative estimate of drug-likeness (QED) is 0.867. The van der Waals surface area contributed by atoms with Crippen LogP contribution in [0.5, 0.6) is 5.75 Å². The third-order valence-corrected chi connectivity index (χ3v) is 3.93. The SMILES string of the molecule is CCC(N)Cc1cc(C)ccc1OCc1ccsc1. The zero-order valence-electron chi connectivity index (χ0n) is 11.6. The standard InChI is InChI=1S/C16H21NOS/c1-3-15(17)9-14-8-12(2)4-5-16(14)18-10-13-6-7-19-11-13/h4-8,11,15H,3,9-10,17H2,1-2H3. The van der Waals surface area contributed by atoms with E-state index in [1.165, 1.54) is 16.7 Å². The molecule has 0 aliphatic carbocycles. The van der Waals surface area contributed by atoms with Gasteiger partial charge in [-0.1, -0.05) is 24.6 Å².